The molecular weight excluding hydrogens is 544 g/mol. The number of aliphatic imine (C=N–C) groups is 3. The smallest absolute Gasteiger partial charge is 0.185 e. The van der Waals surface area contributed by atoms with Gasteiger partial charge in [-0.3, -0.25) is 34.3 Å². The first kappa shape index (κ1) is 38.9. The summed E-state index contributed by atoms with van der Waals surface area (Å²) in [6.45, 7) is 19.2. The molecule has 2 N–H and O–H groups in total. The first-order chi connectivity index (χ1) is 19.6. The first-order valence-corrected chi connectivity index (χ1v) is 14.3. The van der Waals surface area contributed by atoms with Gasteiger partial charge >= 0.3 is 0 Å². The van der Waals surface area contributed by atoms with Gasteiger partial charge in [0.25, 0.3) is 0 Å². The Kier molecular flexibility index (Phi) is 17.4. The SMILES string of the molecule is C.CC(C)C(=O)C1=NC=CC1.CC(C)C(=O)c1ccc[nH]1.CC1=NCC(C(=O)C(C)C)=N1.Cc1cc(C(=O)C(C)C)n[nH]1. The van der Waals surface area contributed by atoms with Crippen molar-refractivity contribution in [2.24, 2.45) is 38.6 Å². The Labute approximate surface area is 256 Å². The van der Waals surface area contributed by atoms with Crippen molar-refractivity contribution in [1.29, 1.82) is 0 Å². The van der Waals surface area contributed by atoms with E-state index in [9.17, 15) is 19.2 Å². The Bertz CT molecular complexity index is 1320. The van der Waals surface area contributed by atoms with Gasteiger partial charge in [0.15, 0.2) is 23.1 Å². The molecule has 2 aliphatic rings. The minimum absolute atomic E-state index is 0. The van der Waals surface area contributed by atoms with Crippen molar-refractivity contribution in [3.8, 4) is 0 Å². The molecule has 0 radical (unpaired) electrons. The van der Waals surface area contributed by atoms with Crippen LogP contribution in [0.4, 0.5) is 0 Å². The lowest BCUT2D eigenvalue weighted by Gasteiger charge is -2.01. The van der Waals surface area contributed by atoms with Crippen LogP contribution in [0.1, 0.15) is 103 Å². The van der Waals surface area contributed by atoms with E-state index in [0.29, 0.717) is 35.2 Å². The molecule has 0 bridgehead atoms. The highest BCUT2D eigenvalue weighted by Gasteiger charge is 2.18. The van der Waals surface area contributed by atoms with E-state index in [-0.39, 0.29) is 54.2 Å². The fraction of sp³-hybridized carbons (Fsp3) is 0.515. The Morgan fingerprint density at radius 1 is 0.791 bits per heavy atom. The average molecular weight is 595 g/mol. The second kappa shape index (κ2) is 19.2. The molecular formula is C33H50N6O4. The quantitative estimate of drug-likeness (QED) is 0.326. The van der Waals surface area contributed by atoms with E-state index in [4.69, 9.17) is 0 Å². The topological polar surface area (TPSA) is 150 Å². The fourth-order valence-electron chi connectivity index (χ4n) is 3.41. The second-order valence-corrected chi connectivity index (χ2v) is 11.2. The number of ketones is 4. The van der Waals surface area contributed by atoms with E-state index in [2.05, 4.69) is 30.2 Å². The van der Waals surface area contributed by atoms with Crippen molar-refractivity contribution in [1.82, 2.24) is 15.2 Å². The van der Waals surface area contributed by atoms with Gasteiger partial charge in [-0.1, -0.05) is 68.9 Å². The standard InChI is InChI=1S/2C8H12N2O.2C8H11NO.CH4/c1-5(2)8(11)7-4-9-6(3)10-7;1-5(2)8(11)7-4-6(3)9-10-7;2*1-6(2)8(10)7-4-3-5-9-7;/h5H,4H2,1-3H3;4-5H,1-3H3,(H,9,10);3,5-6H,4H2,1-2H3;3-6,9H,1-2H3;1H4. The zero-order chi connectivity index (χ0) is 32.0. The summed E-state index contributed by atoms with van der Waals surface area (Å²) in [5.41, 5.74) is 3.48. The molecule has 0 fully saturated rings. The van der Waals surface area contributed by atoms with Crippen LogP contribution in [-0.4, -0.2) is 62.1 Å². The lowest BCUT2D eigenvalue weighted by Crippen LogP contribution is -2.20. The Morgan fingerprint density at radius 3 is 1.72 bits per heavy atom. The predicted molar refractivity (Wildman–Crippen MR) is 175 cm³/mol. The number of aromatic amines is 2. The first-order valence-electron chi connectivity index (χ1n) is 14.3. The summed E-state index contributed by atoms with van der Waals surface area (Å²) >= 11 is 0. The van der Waals surface area contributed by atoms with Crippen LogP contribution < -0.4 is 0 Å². The Morgan fingerprint density at radius 2 is 1.35 bits per heavy atom. The van der Waals surface area contributed by atoms with Crippen LogP contribution in [0.25, 0.3) is 0 Å². The van der Waals surface area contributed by atoms with Gasteiger partial charge in [-0.15, -0.1) is 0 Å². The van der Waals surface area contributed by atoms with Gasteiger partial charge in [-0.05, 0) is 32.0 Å². The molecule has 10 nitrogen and oxygen atoms in total. The van der Waals surface area contributed by atoms with E-state index >= 15 is 0 Å². The summed E-state index contributed by atoms with van der Waals surface area (Å²) in [5, 5.41) is 6.60. The number of allylic oxidation sites excluding steroid dienone is 1. The molecule has 4 heterocycles. The Balaban J connectivity index is 0.000000543. The molecule has 236 valence electrons. The summed E-state index contributed by atoms with van der Waals surface area (Å²) in [7, 11) is 0. The number of aryl methyl sites for hydroxylation is 1. The van der Waals surface area contributed by atoms with Gasteiger partial charge in [-0.2, -0.15) is 5.10 Å². The molecule has 0 saturated heterocycles. The van der Waals surface area contributed by atoms with Gasteiger partial charge in [0, 0.05) is 48.2 Å². The maximum Gasteiger partial charge on any atom is 0.185 e. The fourth-order valence-corrected chi connectivity index (χ4v) is 3.41. The second-order valence-electron chi connectivity index (χ2n) is 11.2. The number of H-pyrrole nitrogens is 2. The number of nitrogens with one attached hydrogen (secondary N) is 2. The minimum Gasteiger partial charge on any atom is -0.359 e. The van der Waals surface area contributed by atoms with E-state index < -0.39 is 0 Å². The lowest BCUT2D eigenvalue weighted by atomic mass is 10.0. The normalized spacial score (nSPS) is 13.1. The third kappa shape index (κ3) is 13.6. The molecule has 0 atom stereocenters. The third-order valence-electron chi connectivity index (χ3n) is 5.89. The van der Waals surface area contributed by atoms with Crippen LogP contribution in [-0.2, 0) is 9.59 Å². The molecule has 43 heavy (non-hydrogen) atoms. The zero-order valence-corrected chi connectivity index (χ0v) is 26.6. The molecule has 10 heteroatoms. The maximum atomic E-state index is 11.3. The monoisotopic (exact) mass is 594 g/mol. The van der Waals surface area contributed by atoms with Crippen LogP contribution >= 0.6 is 0 Å². The molecule has 4 rings (SSSR count). The van der Waals surface area contributed by atoms with Crippen molar-refractivity contribution in [2.75, 3.05) is 6.54 Å². The molecule has 0 spiro atoms. The van der Waals surface area contributed by atoms with Crippen molar-refractivity contribution >= 4 is 40.4 Å². The number of hydrogen-bond donors (Lipinski definition) is 2. The van der Waals surface area contributed by atoms with Crippen molar-refractivity contribution in [3.63, 3.8) is 0 Å². The number of Topliss-reactive ketones (excluding diaryl/α,β-unsaturated/α-hetero) is 4. The van der Waals surface area contributed by atoms with Crippen LogP contribution in [0.5, 0.6) is 0 Å². The van der Waals surface area contributed by atoms with Gasteiger partial charge in [0.2, 0.25) is 0 Å². The summed E-state index contributed by atoms with van der Waals surface area (Å²) < 4.78 is 0. The molecule has 0 saturated carbocycles. The average Bonchev–Trinajstić information content (AvgIpc) is 3.76. The van der Waals surface area contributed by atoms with Crippen molar-refractivity contribution in [3.05, 3.63) is 53.8 Å². The zero-order valence-electron chi connectivity index (χ0n) is 26.6. The van der Waals surface area contributed by atoms with Crippen molar-refractivity contribution in [2.45, 2.75) is 83.1 Å². The summed E-state index contributed by atoms with van der Waals surface area (Å²) in [6.07, 6.45) is 6.07. The molecule has 0 unspecified atom stereocenters. The van der Waals surface area contributed by atoms with E-state index in [1.807, 2.05) is 74.5 Å². The van der Waals surface area contributed by atoms with Gasteiger partial charge in [-0.25, -0.2) is 4.99 Å². The number of nitrogens with zero attached hydrogens (tertiary/aromatic N) is 4. The van der Waals surface area contributed by atoms with E-state index in [0.717, 1.165) is 12.1 Å². The van der Waals surface area contributed by atoms with E-state index in [1.54, 1.807) is 31.5 Å². The highest BCUT2D eigenvalue weighted by molar-refractivity contribution is 6.44. The number of amidine groups is 1. The Hall–Kier alpha value is -4.08. The number of carbonyl (C=O) groups is 4. The van der Waals surface area contributed by atoms with Crippen LogP contribution in [0.3, 0.4) is 0 Å². The van der Waals surface area contributed by atoms with Crippen molar-refractivity contribution < 1.29 is 19.2 Å². The maximum absolute atomic E-state index is 11.3. The lowest BCUT2D eigenvalue weighted by molar-refractivity contribution is -0.116. The largest absolute Gasteiger partial charge is 0.359 e. The van der Waals surface area contributed by atoms with E-state index in [1.165, 1.54) is 0 Å². The third-order valence-corrected chi connectivity index (χ3v) is 5.89. The minimum atomic E-state index is 0. The highest BCUT2D eigenvalue weighted by Crippen LogP contribution is 2.07. The number of aromatic nitrogens is 3. The summed E-state index contributed by atoms with van der Waals surface area (Å²) in [5.74, 6) is 1.49. The number of hydrogen-bond acceptors (Lipinski definition) is 8. The molecule has 2 aromatic heterocycles. The van der Waals surface area contributed by atoms with Gasteiger partial charge in [0.05, 0.1) is 18.0 Å². The molecule has 0 aromatic carbocycles. The van der Waals surface area contributed by atoms with Gasteiger partial charge < -0.3 is 4.98 Å². The summed E-state index contributed by atoms with van der Waals surface area (Å²) in [6, 6.07) is 5.39. The predicted octanol–water partition coefficient (Wildman–Crippen LogP) is 6.70. The molecule has 2 aromatic rings. The molecule has 0 aliphatic carbocycles. The van der Waals surface area contributed by atoms with Crippen LogP contribution in [0.15, 0.2) is 51.6 Å². The molecule has 0 amide bonds. The summed E-state index contributed by atoms with van der Waals surface area (Å²) in [4.78, 5) is 59.8. The number of rotatable bonds is 8. The van der Waals surface area contributed by atoms with Crippen LogP contribution in [0, 0.1) is 30.6 Å². The molecule has 2 aliphatic heterocycles. The van der Waals surface area contributed by atoms with Gasteiger partial charge in [0.1, 0.15) is 17.2 Å². The van der Waals surface area contributed by atoms with Crippen LogP contribution in [0.2, 0.25) is 0 Å². The highest BCUT2D eigenvalue weighted by atomic mass is 16.1. The number of carbonyl (C=O) groups excluding carboxylic acids is 4.